The molecule has 0 aliphatic rings. The molecule has 0 fully saturated rings. The molecule has 0 saturated heterocycles. The summed E-state index contributed by atoms with van der Waals surface area (Å²) in [6, 6.07) is 23.1. The average Bonchev–Trinajstić information content (AvgIpc) is 3.23. The number of aryl methyl sites for hydroxylation is 1. The van der Waals surface area contributed by atoms with Crippen LogP contribution >= 0.6 is 11.3 Å². The molecule has 34 heavy (non-hydrogen) atoms. The summed E-state index contributed by atoms with van der Waals surface area (Å²) in [6.07, 6.45) is 1.75. The summed E-state index contributed by atoms with van der Waals surface area (Å²) >= 11 is 1.53. The fraction of sp³-hybridized carbons (Fsp3) is 0.281. The van der Waals surface area contributed by atoms with E-state index in [1.165, 1.54) is 27.8 Å². The number of pyridine rings is 1. The molecule has 0 aliphatic carbocycles. The lowest BCUT2D eigenvalue weighted by molar-refractivity contribution is 0.590. The molecular formula is C32H33NS. The van der Waals surface area contributed by atoms with E-state index >= 15 is 0 Å². The maximum Gasteiger partial charge on any atom is 0.0880 e. The highest BCUT2D eigenvalue weighted by atomic mass is 32.1. The molecule has 3 aromatic carbocycles. The van der Waals surface area contributed by atoms with Crippen LogP contribution in [0.3, 0.4) is 0 Å². The maximum atomic E-state index is 8.42. The van der Waals surface area contributed by atoms with Crippen molar-refractivity contribution in [3.8, 4) is 21.7 Å². The Morgan fingerprint density at radius 2 is 1.50 bits per heavy atom. The van der Waals surface area contributed by atoms with Crippen LogP contribution in [0.25, 0.3) is 42.6 Å². The van der Waals surface area contributed by atoms with Crippen LogP contribution in [-0.4, -0.2) is 4.98 Å². The third kappa shape index (κ3) is 3.95. The van der Waals surface area contributed by atoms with Gasteiger partial charge in [0.05, 0.1) is 10.4 Å². The second-order valence-electron chi connectivity index (χ2n) is 11.2. The first-order chi connectivity index (χ1) is 17.2. The summed E-state index contributed by atoms with van der Waals surface area (Å²) in [5.41, 5.74) is 5.65. The van der Waals surface area contributed by atoms with Crippen molar-refractivity contribution in [1.29, 1.82) is 0 Å². The predicted molar refractivity (Wildman–Crippen MR) is 150 cm³/mol. The smallest absolute Gasteiger partial charge is 0.0880 e. The fourth-order valence-electron chi connectivity index (χ4n) is 4.62. The Balaban J connectivity index is 1.78. The summed E-state index contributed by atoms with van der Waals surface area (Å²) in [4.78, 5) is 5.60. The Kier molecular flexibility index (Phi) is 4.59. The fourth-order valence-corrected chi connectivity index (χ4v) is 5.84. The Bertz CT molecular complexity index is 1610. The van der Waals surface area contributed by atoms with Crippen LogP contribution in [0.5, 0.6) is 0 Å². The van der Waals surface area contributed by atoms with E-state index in [9.17, 15) is 0 Å². The number of rotatable bonds is 2. The van der Waals surface area contributed by atoms with Crippen LogP contribution in [0, 0.1) is 6.85 Å². The molecular weight excluding hydrogens is 430 g/mol. The molecule has 5 rings (SSSR count). The van der Waals surface area contributed by atoms with Gasteiger partial charge in [-0.25, -0.2) is 0 Å². The van der Waals surface area contributed by atoms with Gasteiger partial charge in [0.15, 0.2) is 0 Å². The van der Waals surface area contributed by atoms with Crippen LogP contribution in [0.15, 0.2) is 72.9 Å². The molecule has 2 heteroatoms. The van der Waals surface area contributed by atoms with Crippen LogP contribution in [0.2, 0.25) is 0 Å². The SMILES string of the molecule is [2H]C([2H])([2H])c1c(-c2ccc(C(C)(C)C)cc2)sc2c(-c3cc(C(C)(C)C)c4ccccc4c3)nccc12. The number of nitrogens with zero attached hydrogens (tertiary/aromatic N) is 1. The van der Waals surface area contributed by atoms with Gasteiger partial charge < -0.3 is 0 Å². The van der Waals surface area contributed by atoms with E-state index in [0.717, 1.165) is 37.2 Å². The van der Waals surface area contributed by atoms with Crippen molar-refractivity contribution in [2.45, 2.75) is 59.2 Å². The first-order valence-corrected chi connectivity index (χ1v) is 12.6. The summed E-state index contributed by atoms with van der Waals surface area (Å²) in [7, 11) is 0. The van der Waals surface area contributed by atoms with Gasteiger partial charge >= 0.3 is 0 Å². The third-order valence-corrected chi connectivity index (χ3v) is 7.82. The zero-order valence-corrected chi connectivity index (χ0v) is 21.6. The quantitative estimate of drug-likeness (QED) is 0.252. The van der Waals surface area contributed by atoms with E-state index < -0.39 is 6.85 Å². The molecule has 1 nitrogen and oxygen atoms in total. The second kappa shape index (κ2) is 8.06. The van der Waals surface area contributed by atoms with Gasteiger partial charge in [0.1, 0.15) is 0 Å². The highest BCUT2D eigenvalue weighted by molar-refractivity contribution is 7.23. The molecule has 0 radical (unpaired) electrons. The van der Waals surface area contributed by atoms with Crippen molar-refractivity contribution in [3.05, 3.63) is 89.6 Å². The standard InChI is InChI=1S/C32H33NS/c1-20-25-16-17-33-28(23-18-22-10-8-9-11-26(22)27(19-23)32(5,6)7)30(25)34-29(20)21-12-14-24(15-13-21)31(2,3)4/h8-19H,1-7H3/i1D3. The van der Waals surface area contributed by atoms with Crippen molar-refractivity contribution in [3.63, 3.8) is 0 Å². The number of benzene rings is 3. The zero-order valence-electron chi connectivity index (χ0n) is 23.8. The molecule has 172 valence electrons. The largest absolute Gasteiger partial charge is 0.255 e. The minimum Gasteiger partial charge on any atom is -0.255 e. The summed E-state index contributed by atoms with van der Waals surface area (Å²) in [5.74, 6) is 0. The first-order valence-electron chi connectivity index (χ1n) is 13.3. The van der Waals surface area contributed by atoms with Crippen LogP contribution in [0.4, 0.5) is 0 Å². The molecule has 0 saturated carbocycles. The molecule has 0 atom stereocenters. The van der Waals surface area contributed by atoms with Crippen molar-refractivity contribution < 1.29 is 4.11 Å². The Morgan fingerprint density at radius 1 is 0.765 bits per heavy atom. The van der Waals surface area contributed by atoms with Gasteiger partial charge in [0.25, 0.3) is 0 Å². The van der Waals surface area contributed by atoms with Gasteiger partial charge in [-0.15, -0.1) is 11.3 Å². The van der Waals surface area contributed by atoms with Crippen molar-refractivity contribution in [2.75, 3.05) is 0 Å². The normalized spacial score (nSPS) is 14.2. The lowest BCUT2D eigenvalue weighted by Gasteiger charge is -2.22. The van der Waals surface area contributed by atoms with Crippen molar-refractivity contribution in [2.24, 2.45) is 0 Å². The van der Waals surface area contributed by atoms with E-state index in [0.29, 0.717) is 5.56 Å². The Hall–Kier alpha value is -2.97. The van der Waals surface area contributed by atoms with Crippen LogP contribution < -0.4 is 0 Å². The van der Waals surface area contributed by atoms with Gasteiger partial charge in [0.2, 0.25) is 0 Å². The average molecular weight is 467 g/mol. The van der Waals surface area contributed by atoms with Gasteiger partial charge in [-0.05, 0) is 74.3 Å². The van der Waals surface area contributed by atoms with Crippen LogP contribution in [0.1, 0.15) is 62.3 Å². The van der Waals surface area contributed by atoms with Crippen molar-refractivity contribution in [1.82, 2.24) is 4.98 Å². The highest BCUT2D eigenvalue weighted by Crippen LogP contribution is 2.43. The number of hydrogen-bond acceptors (Lipinski definition) is 2. The number of fused-ring (bicyclic) bond motifs is 2. The molecule has 2 heterocycles. The minimum atomic E-state index is -2.24. The highest BCUT2D eigenvalue weighted by Gasteiger charge is 2.21. The lowest BCUT2D eigenvalue weighted by atomic mass is 9.82. The van der Waals surface area contributed by atoms with Gasteiger partial charge in [-0.2, -0.15) is 0 Å². The maximum absolute atomic E-state index is 8.42. The Morgan fingerprint density at radius 3 is 2.18 bits per heavy atom. The molecule has 0 bridgehead atoms. The number of hydrogen-bond donors (Lipinski definition) is 0. The summed E-state index contributed by atoms with van der Waals surface area (Å²) in [6.45, 7) is 11.0. The Labute approximate surface area is 211 Å². The number of aromatic nitrogens is 1. The van der Waals surface area contributed by atoms with E-state index in [1.54, 1.807) is 6.20 Å². The van der Waals surface area contributed by atoms with Crippen molar-refractivity contribution >= 4 is 32.2 Å². The molecule has 0 N–H and O–H groups in total. The summed E-state index contributed by atoms with van der Waals surface area (Å²) in [5, 5.41) is 3.16. The summed E-state index contributed by atoms with van der Waals surface area (Å²) < 4.78 is 26.2. The lowest BCUT2D eigenvalue weighted by Crippen LogP contribution is -2.12. The van der Waals surface area contributed by atoms with E-state index in [1.807, 2.05) is 6.07 Å². The first kappa shape index (κ1) is 19.3. The molecule has 0 unspecified atom stereocenters. The molecule has 2 aromatic heterocycles. The van der Waals surface area contributed by atoms with E-state index in [4.69, 9.17) is 9.10 Å². The monoisotopic (exact) mass is 466 g/mol. The second-order valence-corrected chi connectivity index (χ2v) is 12.2. The topological polar surface area (TPSA) is 12.9 Å². The van der Waals surface area contributed by atoms with Crippen LogP contribution in [-0.2, 0) is 10.8 Å². The third-order valence-electron chi connectivity index (χ3n) is 6.56. The number of thiophene rings is 1. The van der Waals surface area contributed by atoms with Gasteiger partial charge in [-0.1, -0.05) is 90.1 Å². The molecule has 0 amide bonds. The molecule has 0 spiro atoms. The van der Waals surface area contributed by atoms with E-state index in [-0.39, 0.29) is 10.8 Å². The van der Waals surface area contributed by atoms with Gasteiger partial charge in [-0.3, -0.25) is 4.98 Å². The van der Waals surface area contributed by atoms with Gasteiger partial charge in [0, 0.05) is 20.7 Å². The zero-order chi connectivity index (χ0) is 26.8. The van der Waals surface area contributed by atoms with E-state index in [2.05, 4.69) is 102 Å². The minimum absolute atomic E-state index is 0.0312. The molecule has 0 aliphatic heterocycles. The predicted octanol–water partition coefficient (Wildman–Crippen LogP) is 9.69. The molecule has 5 aromatic rings.